The molecule has 0 aliphatic heterocycles. The molecule has 3 aromatic carbocycles. The zero-order valence-corrected chi connectivity index (χ0v) is 16.9. The molecular formula is C23H19FN6O. The van der Waals surface area contributed by atoms with E-state index in [-0.39, 0.29) is 11.6 Å². The normalized spacial score (nSPS) is 11.2. The Morgan fingerprint density at radius 1 is 1.03 bits per heavy atom. The van der Waals surface area contributed by atoms with Gasteiger partial charge in [-0.2, -0.15) is 5.10 Å². The van der Waals surface area contributed by atoms with Gasteiger partial charge in [0.25, 0.3) is 0 Å². The van der Waals surface area contributed by atoms with E-state index in [4.69, 9.17) is 4.98 Å². The number of fused-ring (bicyclic) bond motifs is 1. The van der Waals surface area contributed by atoms with E-state index >= 15 is 0 Å². The number of imidazole rings is 1. The van der Waals surface area contributed by atoms with Crippen molar-refractivity contribution in [2.45, 2.75) is 6.92 Å². The second-order valence-electron chi connectivity index (χ2n) is 7.24. The molecule has 8 heteroatoms. The van der Waals surface area contributed by atoms with E-state index in [0.717, 1.165) is 28.1 Å². The maximum absolute atomic E-state index is 13.3. The van der Waals surface area contributed by atoms with Gasteiger partial charge in [-0.3, -0.25) is 0 Å². The maximum atomic E-state index is 13.3. The average Bonchev–Trinajstić information content (AvgIpc) is 3.33. The number of nitrogens with one attached hydrogen (secondary N) is 1. The lowest BCUT2D eigenvalue weighted by molar-refractivity contribution is 0.470. The van der Waals surface area contributed by atoms with Crippen molar-refractivity contribution in [3.8, 4) is 22.8 Å². The van der Waals surface area contributed by atoms with Crippen molar-refractivity contribution in [3.63, 3.8) is 0 Å². The minimum atomic E-state index is -0.283. The third kappa shape index (κ3) is 3.38. The first-order valence-corrected chi connectivity index (χ1v) is 9.69. The van der Waals surface area contributed by atoms with E-state index in [1.807, 2.05) is 35.9 Å². The first kappa shape index (κ1) is 18.8. The highest BCUT2D eigenvalue weighted by atomic mass is 19.1. The van der Waals surface area contributed by atoms with Crippen LogP contribution in [0.15, 0.2) is 67.0 Å². The fraction of sp³-hybridized carbons (Fsp3) is 0.0870. The fourth-order valence-corrected chi connectivity index (χ4v) is 3.58. The highest BCUT2D eigenvalue weighted by Gasteiger charge is 2.14. The molecular weight excluding hydrogens is 395 g/mol. The van der Waals surface area contributed by atoms with E-state index in [2.05, 4.69) is 15.4 Å². The number of hydrogen-bond donors (Lipinski definition) is 2. The Labute approximate surface area is 177 Å². The SMILES string of the molecule is Cc1ncn(-c2ccc(Nc3cccc4c3nc(-c3ccc(F)cc3)n4C)cc2O)n1. The van der Waals surface area contributed by atoms with Gasteiger partial charge in [-0.15, -0.1) is 0 Å². The molecule has 0 bridgehead atoms. The summed E-state index contributed by atoms with van der Waals surface area (Å²) in [5, 5.41) is 18.0. The number of para-hydroxylation sites is 1. The molecule has 0 spiro atoms. The van der Waals surface area contributed by atoms with Crippen LogP contribution in [0.5, 0.6) is 5.75 Å². The molecule has 2 heterocycles. The molecule has 0 atom stereocenters. The van der Waals surface area contributed by atoms with Crippen molar-refractivity contribution in [2.24, 2.45) is 7.05 Å². The van der Waals surface area contributed by atoms with E-state index in [9.17, 15) is 9.50 Å². The number of hydrogen-bond acceptors (Lipinski definition) is 5. The van der Waals surface area contributed by atoms with E-state index in [0.29, 0.717) is 17.2 Å². The fourth-order valence-electron chi connectivity index (χ4n) is 3.58. The molecule has 0 radical (unpaired) electrons. The average molecular weight is 414 g/mol. The summed E-state index contributed by atoms with van der Waals surface area (Å²) in [5.41, 5.74) is 4.59. The Bertz CT molecular complexity index is 1400. The maximum Gasteiger partial charge on any atom is 0.147 e. The minimum absolute atomic E-state index is 0.0788. The number of anilines is 2. The highest BCUT2D eigenvalue weighted by molar-refractivity contribution is 5.93. The number of aromatic hydroxyl groups is 1. The van der Waals surface area contributed by atoms with Gasteiger partial charge in [-0.1, -0.05) is 6.07 Å². The van der Waals surface area contributed by atoms with Gasteiger partial charge < -0.3 is 15.0 Å². The number of phenols is 1. The van der Waals surface area contributed by atoms with Crippen LogP contribution < -0.4 is 5.32 Å². The molecule has 5 aromatic rings. The van der Waals surface area contributed by atoms with Gasteiger partial charge in [0.1, 0.15) is 40.7 Å². The zero-order chi connectivity index (χ0) is 21.5. The summed E-state index contributed by atoms with van der Waals surface area (Å²) in [5.74, 6) is 1.16. The summed E-state index contributed by atoms with van der Waals surface area (Å²) in [6, 6.07) is 17.4. The Balaban J connectivity index is 1.51. The van der Waals surface area contributed by atoms with Gasteiger partial charge in [-0.05, 0) is 55.5 Å². The molecule has 31 heavy (non-hydrogen) atoms. The number of nitrogens with zero attached hydrogens (tertiary/aromatic N) is 5. The number of rotatable bonds is 4. The number of phenolic OH excluding ortho intramolecular Hbond substituents is 1. The van der Waals surface area contributed by atoms with Crippen molar-refractivity contribution in [1.29, 1.82) is 0 Å². The quantitative estimate of drug-likeness (QED) is 0.445. The van der Waals surface area contributed by atoms with E-state index in [1.165, 1.54) is 16.8 Å². The molecule has 0 saturated carbocycles. The molecule has 0 aliphatic carbocycles. The summed E-state index contributed by atoms with van der Waals surface area (Å²) >= 11 is 0. The van der Waals surface area contributed by atoms with Crippen LogP contribution in [-0.2, 0) is 7.05 Å². The summed E-state index contributed by atoms with van der Waals surface area (Å²) in [6.45, 7) is 1.79. The summed E-state index contributed by atoms with van der Waals surface area (Å²) < 4.78 is 16.8. The van der Waals surface area contributed by atoms with Gasteiger partial charge in [0.2, 0.25) is 0 Å². The van der Waals surface area contributed by atoms with Gasteiger partial charge in [0, 0.05) is 24.4 Å². The van der Waals surface area contributed by atoms with Gasteiger partial charge in [0.05, 0.1) is 11.2 Å². The van der Waals surface area contributed by atoms with Crippen molar-refractivity contribution in [2.75, 3.05) is 5.32 Å². The van der Waals surface area contributed by atoms with Crippen LogP contribution in [0.2, 0.25) is 0 Å². The molecule has 0 aliphatic rings. The highest BCUT2D eigenvalue weighted by Crippen LogP contribution is 2.32. The Hall–Kier alpha value is -4.20. The van der Waals surface area contributed by atoms with Crippen molar-refractivity contribution >= 4 is 22.4 Å². The zero-order valence-electron chi connectivity index (χ0n) is 16.9. The Morgan fingerprint density at radius 3 is 2.55 bits per heavy atom. The van der Waals surface area contributed by atoms with Crippen LogP contribution in [0, 0.1) is 12.7 Å². The third-order valence-electron chi connectivity index (χ3n) is 5.12. The Kier molecular flexibility index (Phi) is 4.39. The lowest BCUT2D eigenvalue weighted by Gasteiger charge is -2.10. The molecule has 2 aromatic heterocycles. The molecule has 0 saturated heterocycles. The second-order valence-corrected chi connectivity index (χ2v) is 7.24. The lowest BCUT2D eigenvalue weighted by Crippen LogP contribution is -1.97. The molecule has 0 fully saturated rings. The van der Waals surface area contributed by atoms with E-state index in [1.54, 1.807) is 37.5 Å². The van der Waals surface area contributed by atoms with Crippen LogP contribution in [0.25, 0.3) is 28.1 Å². The summed E-state index contributed by atoms with van der Waals surface area (Å²) in [4.78, 5) is 8.88. The van der Waals surface area contributed by atoms with Crippen molar-refractivity contribution < 1.29 is 9.50 Å². The number of aryl methyl sites for hydroxylation is 2. The predicted octanol–water partition coefficient (Wildman–Crippen LogP) is 4.72. The summed E-state index contributed by atoms with van der Waals surface area (Å²) in [6.07, 6.45) is 1.56. The Morgan fingerprint density at radius 2 is 1.84 bits per heavy atom. The van der Waals surface area contributed by atoms with Crippen LogP contribution >= 0.6 is 0 Å². The number of halogens is 1. The molecule has 2 N–H and O–H groups in total. The molecule has 5 rings (SSSR count). The summed E-state index contributed by atoms with van der Waals surface area (Å²) in [7, 11) is 1.93. The smallest absolute Gasteiger partial charge is 0.147 e. The first-order chi connectivity index (χ1) is 15.0. The standard InChI is InChI=1S/C23H19FN6O/c1-14-25-13-30(28-14)19-11-10-17(12-21(19)31)26-18-4-3-5-20-22(18)27-23(29(20)2)15-6-8-16(24)9-7-15/h3-13,26,31H,1-2H3. The lowest BCUT2D eigenvalue weighted by atomic mass is 10.2. The van der Waals surface area contributed by atoms with Crippen LogP contribution in [0.3, 0.4) is 0 Å². The van der Waals surface area contributed by atoms with Crippen LogP contribution in [0.4, 0.5) is 15.8 Å². The van der Waals surface area contributed by atoms with Gasteiger partial charge >= 0.3 is 0 Å². The molecule has 7 nitrogen and oxygen atoms in total. The van der Waals surface area contributed by atoms with E-state index < -0.39 is 0 Å². The first-order valence-electron chi connectivity index (χ1n) is 9.69. The number of benzene rings is 3. The predicted molar refractivity (Wildman–Crippen MR) is 117 cm³/mol. The molecule has 0 amide bonds. The van der Waals surface area contributed by atoms with Crippen molar-refractivity contribution in [3.05, 3.63) is 78.6 Å². The monoisotopic (exact) mass is 414 g/mol. The van der Waals surface area contributed by atoms with Gasteiger partial charge in [0.15, 0.2) is 0 Å². The minimum Gasteiger partial charge on any atom is -0.506 e. The number of aromatic nitrogens is 5. The third-order valence-corrected chi connectivity index (χ3v) is 5.12. The topological polar surface area (TPSA) is 80.8 Å². The van der Waals surface area contributed by atoms with Crippen molar-refractivity contribution in [1.82, 2.24) is 24.3 Å². The molecule has 0 unspecified atom stereocenters. The van der Waals surface area contributed by atoms with Gasteiger partial charge in [-0.25, -0.2) is 19.0 Å². The molecule has 154 valence electrons. The van der Waals surface area contributed by atoms with Crippen LogP contribution in [-0.4, -0.2) is 29.4 Å². The van der Waals surface area contributed by atoms with Crippen LogP contribution in [0.1, 0.15) is 5.82 Å². The second kappa shape index (κ2) is 7.24. The largest absolute Gasteiger partial charge is 0.506 e.